The quantitative estimate of drug-likeness (QED) is 0.227. The van der Waals surface area contributed by atoms with E-state index in [-0.39, 0.29) is 11.9 Å². The standard InChI is InChI=1S/C21H40O2Si/c1-5-7-8-9-10-12-16-19(15-6-2)21(22)23-24(3,4)20-17-13-11-14-18-20/h7-8,19-20H,5-6,9-18H2,1-4H3. The van der Waals surface area contributed by atoms with Gasteiger partial charge in [0.15, 0.2) is 0 Å². The zero-order valence-corrected chi connectivity index (χ0v) is 17.6. The Morgan fingerprint density at radius 2 is 1.79 bits per heavy atom. The molecule has 0 aliphatic heterocycles. The van der Waals surface area contributed by atoms with Crippen LogP contribution in [0.2, 0.25) is 18.6 Å². The number of carbonyl (C=O) groups is 1. The van der Waals surface area contributed by atoms with E-state index in [4.69, 9.17) is 4.43 Å². The smallest absolute Gasteiger partial charge is 0.295 e. The molecule has 0 aromatic carbocycles. The summed E-state index contributed by atoms with van der Waals surface area (Å²) in [4.78, 5) is 12.8. The molecule has 0 aromatic rings. The van der Waals surface area contributed by atoms with Gasteiger partial charge >= 0.3 is 0 Å². The van der Waals surface area contributed by atoms with Gasteiger partial charge in [0.1, 0.15) is 0 Å². The number of hydrogen-bond acceptors (Lipinski definition) is 2. The van der Waals surface area contributed by atoms with E-state index in [2.05, 4.69) is 39.1 Å². The molecule has 0 amide bonds. The molecule has 1 saturated carbocycles. The Labute approximate surface area is 151 Å². The van der Waals surface area contributed by atoms with E-state index in [0.29, 0.717) is 5.54 Å². The highest BCUT2D eigenvalue weighted by atomic mass is 28.4. The van der Waals surface area contributed by atoms with Crippen molar-refractivity contribution < 1.29 is 9.22 Å². The average Bonchev–Trinajstić information content (AvgIpc) is 2.57. The molecule has 1 unspecified atom stereocenters. The zero-order chi connectivity index (χ0) is 17.8. The summed E-state index contributed by atoms with van der Waals surface area (Å²) < 4.78 is 6.17. The van der Waals surface area contributed by atoms with Crippen molar-refractivity contribution in [2.45, 2.75) is 110 Å². The number of allylic oxidation sites excluding steroid dienone is 2. The van der Waals surface area contributed by atoms with E-state index in [1.54, 1.807) is 0 Å². The molecule has 1 aliphatic carbocycles. The third kappa shape index (κ3) is 8.00. The zero-order valence-electron chi connectivity index (χ0n) is 16.6. The van der Waals surface area contributed by atoms with Gasteiger partial charge in [-0.05, 0) is 63.6 Å². The van der Waals surface area contributed by atoms with Crippen LogP contribution in [0.4, 0.5) is 0 Å². The lowest BCUT2D eigenvalue weighted by Gasteiger charge is -2.35. The van der Waals surface area contributed by atoms with Crippen LogP contribution in [-0.2, 0) is 9.22 Å². The number of rotatable bonds is 11. The molecule has 0 spiro atoms. The van der Waals surface area contributed by atoms with Crippen LogP contribution in [0.15, 0.2) is 12.2 Å². The normalized spacial score (nSPS) is 18.0. The van der Waals surface area contributed by atoms with Crippen LogP contribution < -0.4 is 0 Å². The van der Waals surface area contributed by atoms with Crippen molar-refractivity contribution in [3.8, 4) is 0 Å². The first kappa shape index (κ1) is 21.5. The van der Waals surface area contributed by atoms with Gasteiger partial charge in [0.2, 0.25) is 0 Å². The summed E-state index contributed by atoms with van der Waals surface area (Å²) in [5.74, 6) is 0.240. The van der Waals surface area contributed by atoms with Crippen LogP contribution in [-0.4, -0.2) is 14.3 Å². The Morgan fingerprint density at radius 3 is 2.42 bits per heavy atom. The second-order valence-electron chi connectivity index (χ2n) is 8.01. The first-order valence-corrected chi connectivity index (χ1v) is 13.4. The maximum Gasteiger partial charge on any atom is 0.295 e. The highest BCUT2D eigenvalue weighted by molar-refractivity contribution is 6.74. The third-order valence-electron chi connectivity index (χ3n) is 5.50. The molecule has 2 nitrogen and oxygen atoms in total. The van der Waals surface area contributed by atoms with Gasteiger partial charge in [-0.1, -0.05) is 58.1 Å². The molecule has 1 fully saturated rings. The van der Waals surface area contributed by atoms with Crippen LogP contribution in [0.3, 0.4) is 0 Å². The monoisotopic (exact) mass is 352 g/mol. The van der Waals surface area contributed by atoms with Gasteiger partial charge in [0.05, 0.1) is 5.92 Å². The molecule has 140 valence electrons. The lowest BCUT2D eigenvalue weighted by molar-refractivity contribution is -0.140. The summed E-state index contributed by atoms with van der Waals surface area (Å²) in [5, 5.41) is 0. The fourth-order valence-electron chi connectivity index (χ4n) is 3.89. The second kappa shape index (κ2) is 11.9. The molecule has 0 radical (unpaired) electrons. The Balaban J connectivity index is 2.44. The maximum absolute atomic E-state index is 12.8. The minimum atomic E-state index is -1.88. The molecule has 24 heavy (non-hydrogen) atoms. The molecule has 1 rings (SSSR count). The first-order chi connectivity index (χ1) is 11.5. The van der Waals surface area contributed by atoms with E-state index >= 15 is 0 Å². The molecule has 0 N–H and O–H groups in total. The fraction of sp³-hybridized carbons (Fsp3) is 0.857. The fourth-order valence-corrected chi connectivity index (χ4v) is 6.54. The lowest BCUT2D eigenvalue weighted by Crippen LogP contribution is -2.41. The Morgan fingerprint density at radius 1 is 1.08 bits per heavy atom. The van der Waals surface area contributed by atoms with Gasteiger partial charge in [0.25, 0.3) is 14.3 Å². The highest BCUT2D eigenvalue weighted by Gasteiger charge is 2.38. The summed E-state index contributed by atoms with van der Waals surface area (Å²) >= 11 is 0. The predicted octanol–water partition coefficient (Wildman–Crippen LogP) is 7.01. The van der Waals surface area contributed by atoms with E-state index in [1.165, 1.54) is 38.5 Å². The van der Waals surface area contributed by atoms with Crippen molar-refractivity contribution in [1.29, 1.82) is 0 Å². The number of hydrogen-bond donors (Lipinski definition) is 0. The van der Waals surface area contributed by atoms with Crippen LogP contribution >= 0.6 is 0 Å². The minimum Gasteiger partial charge on any atom is -0.519 e. The lowest BCUT2D eigenvalue weighted by atomic mass is 9.97. The van der Waals surface area contributed by atoms with Gasteiger partial charge in [-0.3, -0.25) is 4.79 Å². The van der Waals surface area contributed by atoms with Crippen LogP contribution in [0.1, 0.15) is 90.9 Å². The van der Waals surface area contributed by atoms with Gasteiger partial charge in [-0.15, -0.1) is 0 Å². The summed E-state index contributed by atoms with van der Waals surface area (Å²) in [6.07, 6.45) is 18.7. The molecule has 1 aliphatic rings. The SMILES string of the molecule is CCC=CCCCCC(CCC)C(=O)O[Si](C)(C)C1CCCCC1. The highest BCUT2D eigenvalue weighted by Crippen LogP contribution is 2.38. The van der Waals surface area contributed by atoms with Crippen molar-refractivity contribution in [3.05, 3.63) is 12.2 Å². The molecule has 3 heteroatoms. The molecule has 0 heterocycles. The minimum absolute atomic E-state index is 0.114. The van der Waals surface area contributed by atoms with Crippen molar-refractivity contribution in [2.75, 3.05) is 0 Å². The summed E-state index contributed by atoms with van der Waals surface area (Å²) in [6.45, 7) is 8.87. The number of carbonyl (C=O) groups excluding carboxylic acids is 1. The molecule has 0 bridgehead atoms. The van der Waals surface area contributed by atoms with Gasteiger partial charge in [-0.25, -0.2) is 0 Å². The number of unbranched alkanes of at least 4 members (excludes halogenated alkanes) is 2. The van der Waals surface area contributed by atoms with E-state index in [1.807, 2.05) is 0 Å². The Kier molecular flexibility index (Phi) is 10.6. The average molecular weight is 353 g/mol. The molecular formula is C21H40O2Si. The molecule has 0 saturated heterocycles. The summed E-state index contributed by atoms with van der Waals surface area (Å²) in [6, 6.07) is 0. The van der Waals surface area contributed by atoms with Crippen LogP contribution in [0.25, 0.3) is 0 Å². The van der Waals surface area contributed by atoms with Crippen LogP contribution in [0, 0.1) is 5.92 Å². The predicted molar refractivity (Wildman–Crippen MR) is 107 cm³/mol. The topological polar surface area (TPSA) is 26.3 Å². The van der Waals surface area contributed by atoms with Crippen molar-refractivity contribution in [3.63, 3.8) is 0 Å². The van der Waals surface area contributed by atoms with E-state index in [0.717, 1.165) is 38.5 Å². The molecule has 1 atom stereocenters. The summed E-state index contributed by atoms with van der Waals surface area (Å²) in [7, 11) is -1.88. The van der Waals surface area contributed by atoms with Crippen LogP contribution in [0.5, 0.6) is 0 Å². The Hall–Kier alpha value is -0.573. The largest absolute Gasteiger partial charge is 0.519 e. The second-order valence-corrected chi connectivity index (χ2v) is 12.2. The van der Waals surface area contributed by atoms with Gasteiger partial charge in [0, 0.05) is 0 Å². The van der Waals surface area contributed by atoms with E-state index in [9.17, 15) is 4.79 Å². The first-order valence-electron chi connectivity index (χ1n) is 10.4. The summed E-state index contributed by atoms with van der Waals surface area (Å²) in [5.41, 5.74) is 0.677. The van der Waals surface area contributed by atoms with Gasteiger partial charge in [-0.2, -0.15) is 0 Å². The Bertz CT molecular complexity index is 370. The van der Waals surface area contributed by atoms with Crippen molar-refractivity contribution >= 4 is 14.3 Å². The maximum atomic E-state index is 12.8. The van der Waals surface area contributed by atoms with Crippen molar-refractivity contribution in [1.82, 2.24) is 0 Å². The van der Waals surface area contributed by atoms with E-state index < -0.39 is 8.32 Å². The molecule has 0 aromatic heterocycles. The third-order valence-corrected chi connectivity index (χ3v) is 8.77. The van der Waals surface area contributed by atoms with Crippen molar-refractivity contribution in [2.24, 2.45) is 5.92 Å². The van der Waals surface area contributed by atoms with Gasteiger partial charge < -0.3 is 4.43 Å². The molecular weight excluding hydrogens is 312 g/mol.